The monoisotopic (exact) mass is 415 g/mol. The zero-order chi connectivity index (χ0) is 20.9. The van der Waals surface area contributed by atoms with Gasteiger partial charge in [-0.05, 0) is 76.0 Å². The van der Waals surface area contributed by atoms with Gasteiger partial charge < -0.3 is 19.5 Å². The number of esters is 1. The van der Waals surface area contributed by atoms with Gasteiger partial charge in [0.25, 0.3) is 5.91 Å². The molecule has 162 valence electrons. The number of amides is 2. The van der Waals surface area contributed by atoms with E-state index in [1.165, 1.54) is 19.3 Å². The summed E-state index contributed by atoms with van der Waals surface area (Å²) in [6, 6.07) is 1.01. The molecule has 2 amide bonds. The van der Waals surface area contributed by atoms with Crippen molar-refractivity contribution in [3.8, 4) is 0 Å². The van der Waals surface area contributed by atoms with Crippen molar-refractivity contribution in [3.63, 3.8) is 0 Å². The normalized spacial score (nSPS) is 34.2. The number of carbonyl (C=O) groups is 3. The molecule has 1 atom stereocenters. The smallest absolute Gasteiger partial charge is 0.329 e. The number of nitrogens with zero attached hydrogens (tertiary/aromatic N) is 2. The van der Waals surface area contributed by atoms with Crippen molar-refractivity contribution >= 4 is 23.6 Å². The van der Waals surface area contributed by atoms with Crippen molar-refractivity contribution in [1.29, 1.82) is 0 Å². The Morgan fingerprint density at radius 1 is 1.20 bits per heavy atom. The highest BCUT2D eigenvalue weighted by molar-refractivity contribution is 5.93. The number of nitrogens with one attached hydrogen (secondary N) is 1. The summed E-state index contributed by atoms with van der Waals surface area (Å²) in [6.07, 6.45) is 8.17. The highest BCUT2D eigenvalue weighted by Gasteiger charge is 2.57. The average Bonchev–Trinajstić information content (AvgIpc) is 3.33. The van der Waals surface area contributed by atoms with E-state index in [1.807, 2.05) is 0 Å². The maximum absolute atomic E-state index is 13.6. The molecule has 2 heterocycles. The lowest BCUT2D eigenvalue weighted by molar-refractivity contribution is -0.165. The molecule has 0 unspecified atom stereocenters. The SMILES string of the molecule is Cc1cc(NC(=O)COC(=O)[C@H]2CCCN2C(=O)C23CC4CC(CC(C4)C2)C3)no1. The van der Waals surface area contributed by atoms with E-state index in [2.05, 4.69) is 10.5 Å². The quantitative estimate of drug-likeness (QED) is 0.742. The lowest BCUT2D eigenvalue weighted by atomic mass is 9.49. The molecule has 8 heteroatoms. The molecule has 0 aromatic carbocycles. The Hall–Kier alpha value is -2.38. The van der Waals surface area contributed by atoms with Gasteiger partial charge in [-0.1, -0.05) is 5.16 Å². The minimum absolute atomic E-state index is 0.156. The number of hydrogen-bond acceptors (Lipinski definition) is 6. The molecule has 0 spiro atoms. The molecule has 30 heavy (non-hydrogen) atoms. The molecule has 4 saturated carbocycles. The Bertz CT molecular complexity index is 827. The summed E-state index contributed by atoms with van der Waals surface area (Å²) >= 11 is 0. The number of hydrogen-bond donors (Lipinski definition) is 1. The fourth-order valence-corrected chi connectivity index (χ4v) is 6.77. The summed E-state index contributed by atoms with van der Waals surface area (Å²) < 4.78 is 10.2. The van der Waals surface area contributed by atoms with Gasteiger partial charge in [-0.15, -0.1) is 0 Å². The molecule has 1 aliphatic heterocycles. The van der Waals surface area contributed by atoms with Crippen LogP contribution in [0.25, 0.3) is 0 Å². The van der Waals surface area contributed by atoms with Gasteiger partial charge in [-0.3, -0.25) is 9.59 Å². The molecule has 4 bridgehead atoms. The van der Waals surface area contributed by atoms with Crippen LogP contribution in [0.1, 0.15) is 57.1 Å². The number of aryl methyl sites for hydroxylation is 1. The van der Waals surface area contributed by atoms with Crippen molar-refractivity contribution < 1.29 is 23.6 Å². The third-order valence-electron chi connectivity index (χ3n) is 7.52. The van der Waals surface area contributed by atoms with Gasteiger partial charge in [0.15, 0.2) is 12.4 Å². The molecular weight excluding hydrogens is 386 g/mol. The number of aromatic nitrogens is 1. The Kier molecular flexibility index (Phi) is 4.82. The zero-order valence-electron chi connectivity index (χ0n) is 17.4. The third kappa shape index (κ3) is 3.50. The average molecular weight is 415 g/mol. The van der Waals surface area contributed by atoms with Crippen molar-refractivity contribution in [2.45, 2.75) is 64.3 Å². The van der Waals surface area contributed by atoms with Gasteiger partial charge in [0.1, 0.15) is 11.8 Å². The first-order chi connectivity index (χ1) is 14.4. The molecule has 1 N–H and O–H groups in total. The number of anilines is 1. The fourth-order valence-electron chi connectivity index (χ4n) is 6.77. The molecule has 6 rings (SSSR count). The number of ether oxygens (including phenoxy) is 1. The second-order valence-corrected chi connectivity index (χ2v) is 9.83. The Morgan fingerprint density at radius 2 is 1.87 bits per heavy atom. The topological polar surface area (TPSA) is 102 Å². The van der Waals surface area contributed by atoms with Crippen LogP contribution < -0.4 is 5.32 Å². The number of carbonyl (C=O) groups excluding carboxylic acids is 3. The van der Waals surface area contributed by atoms with Gasteiger partial charge >= 0.3 is 5.97 Å². The predicted octanol–water partition coefficient (Wildman–Crippen LogP) is 2.67. The molecule has 5 aliphatic rings. The Balaban J connectivity index is 1.20. The molecule has 1 aromatic rings. The van der Waals surface area contributed by atoms with Crippen LogP contribution in [0.2, 0.25) is 0 Å². The van der Waals surface area contributed by atoms with E-state index in [-0.39, 0.29) is 17.1 Å². The fraction of sp³-hybridized carbons (Fsp3) is 0.727. The maximum atomic E-state index is 13.6. The van der Waals surface area contributed by atoms with Gasteiger partial charge in [0.2, 0.25) is 5.91 Å². The van der Waals surface area contributed by atoms with Crippen LogP contribution in [0.5, 0.6) is 0 Å². The molecule has 4 aliphatic carbocycles. The first-order valence-corrected chi connectivity index (χ1v) is 11.1. The van der Waals surface area contributed by atoms with E-state index in [0.717, 1.165) is 25.7 Å². The summed E-state index contributed by atoms with van der Waals surface area (Å²) in [4.78, 5) is 40.1. The van der Waals surface area contributed by atoms with E-state index in [1.54, 1.807) is 17.9 Å². The maximum Gasteiger partial charge on any atom is 0.329 e. The standard InChI is InChI=1S/C22H29N3O5/c1-13-5-18(24-30-13)23-19(26)12-29-20(27)17-3-2-4-25(17)21(28)22-9-14-6-15(10-22)8-16(7-14)11-22/h5,14-17H,2-4,6-12H2,1H3,(H,23,24,26)/t14?,15?,16?,17-,22?/m1/s1. The lowest BCUT2D eigenvalue weighted by Crippen LogP contribution is -2.56. The molecular formula is C22H29N3O5. The number of rotatable bonds is 5. The molecule has 1 aromatic heterocycles. The molecule has 8 nitrogen and oxygen atoms in total. The van der Waals surface area contributed by atoms with Crippen LogP contribution in [0.3, 0.4) is 0 Å². The molecule has 1 saturated heterocycles. The summed E-state index contributed by atoms with van der Waals surface area (Å²) in [5.74, 6) is 2.08. The lowest BCUT2D eigenvalue weighted by Gasteiger charge is -2.56. The van der Waals surface area contributed by atoms with Crippen LogP contribution in [-0.2, 0) is 19.1 Å². The zero-order valence-corrected chi connectivity index (χ0v) is 17.4. The van der Waals surface area contributed by atoms with E-state index in [4.69, 9.17) is 9.26 Å². The van der Waals surface area contributed by atoms with Gasteiger partial charge in [-0.2, -0.15) is 0 Å². The van der Waals surface area contributed by atoms with Gasteiger partial charge in [-0.25, -0.2) is 4.79 Å². The summed E-state index contributed by atoms with van der Waals surface area (Å²) in [7, 11) is 0. The Labute approximate surface area is 175 Å². The third-order valence-corrected chi connectivity index (χ3v) is 7.52. The minimum atomic E-state index is -0.576. The second-order valence-electron chi connectivity index (χ2n) is 9.83. The van der Waals surface area contributed by atoms with Crippen molar-refractivity contribution in [2.75, 3.05) is 18.5 Å². The van der Waals surface area contributed by atoms with E-state index >= 15 is 0 Å². The summed E-state index contributed by atoms with van der Waals surface area (Å²) in [5, 5.41) is 6.22. The summed E-state index contributed by atoms with van der Waals surface area (Å²) in [5.41, 5.74) is -0.264. The van der Waals surface area contributed by atoms with Crippen LogP contribution in [0.15, 0.2) is 10.6 Å². The van der Waals surface area contributed by atoms with Gasteiger partial charge in [0, 0.05) is 12.6 Å². The van der Waals surface area contributed by atoms with Crippen LogP contribution in [-0.4, -0.2) is 47.0 Å². The highest BCUT2D eigenvalue weighted by Crippen LogP contribution is 2.60. The van der Waals surface area contributed by atoms with Crippen molar-refractivity contribution in [2.24, 2.45) is 23.2 Å². The summed E-state index contributed by atoms with van der Waals surface area (Å²) in [6.45, 7) is 1.92. The first-order valence-electron chi connectivity index (χ1n) is 11.1. The molecule has 0 radical (unpaired) electrons. The second kappa shape index (κ2) is 7.39. The van der Waals surface area contributed by atoms with Crippen molar-refractivity contribution in [3.05, 3.63) is 11.8 Å². The highest BCUT2D eigenvalue weighted by atomic mass is 16.5. The van der Waals surface area contributed by atoms with E-state index in [9.17, 15) is 14.4 Å². The first kappa shape index (κ1) is 19.6. The number of likely N-dealkylation sites (tertiary alicyclic amines) is 1. The Morgan fingerprint density at radius 3 is 2.47 bits per heavy atom. The largest absolute Gasteiger partial charge is 0.454 e. The van der Waals surface area contributed by atoms with Crippen molar-refractivity contribution in [1.82, 2.24) is 10.1 Å². The van der Waals surface area contributed by atoms with Crippen LogP contribution in [0, 0.1) is 30.1 Å². The predicted molar refractivity (Wildman–Crippen MR) is 106 cm³/mol. The van der Waals surface area contributed by atoms with Gasteiger partial charge in [0.05, 0.1) is 5.41 Å². The van der Waals surface area contributed by atoms with E-state index in [0.29, 0.717) is 36.5 Å². The van der Waals surface area contributed by atoms with Crippen LogP contribution >= 0.6 is 0 Å². The van der Waals surface area contributed by atoms with Crippen LogP contribution in [0.4, 0.5) is 5.82 Å². The molecule has 5 fully saturated rings. The van der Waals surface area contributed by atoms with E-state index < -0.39 is 24.5 Å². The minimum Gasteiger partial charge on any atom is -0.454 e.